The van der Waals surface area contributed by atoms with Gasteiger partial charge in [0.05, 0.1) is 12.6 Å². The van der Waals surface area contributed by atoms with E-state index in [0.29, 0.717) is 24.8 Å². The molecule has 2 aromatic rings. The van der Waals surface area contributed by atoms with Crippen molar-refractivity contribution in [3.63, 3.8) is 0 Å². The van der Waals surface area contributed by atoms with E-state index in [1.165, 1.54) is 23.9 Å². The molecule has 3 rings (SSSR count). The maximum atomic E-state index is 13.5. The lowest BCUT2D eigenvalue weighted by atomic mass is 10.00. The quantitative estimate of drug-likeness (QED) is 0.625. The first-order valence-corrected chi connectivity index (χ1v) is 11.3. The van der Waals surface area contributed by atoms with E-state index < -0.39 is 0 Å². The molecule has 0 unspecified atom stereocenters. The zero-order valence-corrected chi connectivity index (χ0v) is 18.6. The van der Waals surface area contributed by atoms with Crippen LogP contribution in [-0.4, -0.2) is 47.9 Å². The molecule has 1 aliphatic heterocycles. The van der Waals surface area contributed by atoms with E-state index in [0.717, 1.165) is 18.4 Å². The molecule has 0 saturated heterocycles. The van der Waals surface area contributed by atoms with Crippen LogP contribution in [0.2, 0.25) is 0 Å². The van der Waals surface area contributed by atoms with E-state index in [2.05, 4.69) is 13.8 Å². The number of thiophene rings is 1. The van der Waals surface area contributed by atoms with Crippen LogP contribution in [0, 0.1) is 11.7 Å². The normalized spacial score (nSPS) is 16.7. The van der Waals surface area contributed by atoms with Gasteiger partial charge in [0.25, 0.3) is 0 Å². The summed E-state index contributed by atoms with van der Waals surface area (Å²) < 4.78 is 19.4. The molecule has 0 bridgehead atoms. The summed E-state index contributed by atoms with van der Waals surface area (Å²) in [7, 11) is 0. The first-order chi connectivity index (χ1) is 14.4. The van der Waals surface area contributed by atoms with Crippen LogP contribution in [-0.2, 0) is 16.0 Å². The highest BCUT2D eigenvalue weighted by Gasteiger charge is 2.33. The lowest BCUT2D eigenvalue weighted by molar-refractivity contribution is -0.142. The summed E-state index contributed by atoms with van der Waals surface area (Å²) in [6, 6.07) is 7.79. The standard InChI is InChI=1S/C23H29FN2O3S/c1-4-16(2)13-25(17(3)27)14-23(28)26-10-8-22-20(9-11-30-22)21(26)15-29-19-7-5-6-18(24)12-19/h5-7,9,11-12,16,21H,4,8,10,13-15H2,1-3H3/t16-,21-/m0/s1. The van der Waals surface area contributed by atoms with Crippen LogP contribution in [0.5, 0.6) is 5.75 Å². The van der Waals surface area contributed by atoms with Gasteiger partial charge in [0, 0.05) is 31.0 Å². The zero-order valence-electron chi connectivity index (χ0n) is 17.8. The number of rotatable bonds is 8. The molecule has 0 N–H and O–H groups in total. The second-order valence-corrected chi connectivity index (χ2v) is 8.83. The third-order valence-electron chi connectivity index (χ3n) is 5.62. The Hall–Kier alpha value is -2.41. The van der Waals surface area contributed by atoms with E-state index in [1.807, 2.05) is 11.4 Å². The van der Waals surface area contributed by atoms with Crippen LogP contribution in [0.25, 0.3) is 0 Å². The third-order valence-corrected chi connectivity index (χ3v) is 6.62. The number of hydrogen-bond donors (Lipinski definition) is 0. The van der Waals surface area contributed by atoms with E-state index >= 15 is 0 Å². The molecular formula is C23H29FN2O3S. The minimum atomic E-state index is -0.359. The van der Waals surface area contributed by atoms with Crippen LogP contribution in [0.4, 0.5) is 4.39 Å². The van der Waals surface area contributed by atoms with Gasteiger partial charge in [-0.25, -0.2) is 4.39 Å². The van der Waals surface area contributed by atoms with Gasteiger partial charge in [-0.2, -0.15) is 0 Å². The summed E-state index contributed by atoms with van der Waals surface area (Å²) >= 11 is 1.68. The summed E-state index contributed by atoms with van der Waals surface area (Å²) in [6.45, 7) is 7.12. The average molecular weight is 433 g/mol. The Morgan fingerprint density at radius 1 is 1.37 bits per heavy atom. The second kappa shape index (κ2) is 10.1. The molecule has 2 amide bonds. The molecule has 1 aliphatic rings. The van der Waals surface area contributed by atoms with Gasteiger partial charge in [0.1, 0.15) is 18.2 Å². The predicted molar refractivity (Wildman–Crippen MR) is 116 cm³/mol. The summed E-state index contributed by atoms with van der Waals surface area (Å²) in [5.41, 5.74) is 1.08. The van der Waals surface area contributed by atoms with Crippen molar-refractivity contribution in [3.05, 3.63) is 52.0 Å². The third kappa shape index (κ3) is 5.39. The summed E-state index contributed by atoms with van der Waals surface area (Å²) in [5, 5.41) is 2.03. The lowest BCUT2D eigenvalue weighted by Crippen LogP contribution is -2.48. The second-order valence-electron chi connectivity index (χ2n) is 7.83. The number of carbonyl (C=O) groups is 2. The number of halogens is 1. The van der Waals surface area contributed by atoms with Crippen LogP contribution < -0.4 is 4.74 Å². The van der Waals surface area contributed by atoms with Gasteiger partial charge in [-0.05, 0) is 41.5 Å². The molecule has 162 valence electrons. The largest absolute Gasteiger partial charge is 0.491 e. The number of ether oxygens (including phenoxy) is 1. The molecule has 0 fully saturated rings. The van der Waals surface area contributed by atoms with Crippen molar-refractivity contribution in [2.75, 3.05) is 26.2 Å². The first kappa shape index (κ1) is 22.3. The SMILES string of the molecule is CC[C@H](C)CN(CC(=O)N1CCc2sccc2[C@@H]1COc1cccc(F)c1)C(C)=O. The fourth-order valence-electron chi connectivity index (χ4n) is 3.67. The molecule has 2 atom stereocenters. The monoisotopic (exact) mass is 432 g/mol. The summed E-state index contributed by atoms with van der Waals surface area (Å²) in [6.07, 6.45) is 1.74. The maximum absolute atomic E-state index is 13.5. The van der Waals surface area contributed by atoms with Crippen molar-refractivity contribution < 1.29 is 18.7 Å². The molecule has 1 aromatic heterocycles. The van der Waals surface area contributed by atoms with Crippen LogP contribution in [0.15, 0.2) is 35.7 Å². The Morgan fingerprint density at radius 2 is 2.17 bits per heavy atom. The van der Waals surface area contributed by atoms with Crippen molar-refractivity contribution >= 4 is 23.2 Å². The van der Waals surface area contributed by atoms with Crippen LogP contribution >= 0.6 is 11.3 Å². The van der Waals surface area contributed by atoms with Crippen molar-refractivity contribution in [1.29, 1.82) is 0 Å². The summed E-state index contributed by atoms with van der Waals surface area (Å²) in [5.74, 6) is 0.232. The molecule has 5 nitrogen and oxygen atoms in total. The summed E-state index contributed by atoms with van der Waals surface area (Å²) in [4.78, 5) is 30.0. The molecule has 1 aromatic carbocycles. The van der Waals surface area contributed by atoms with Gasteiger partial charge in [0.15, 0.2) is 0 Å². The zero-order chi connectivity index (χ0) is 21.7. The molecule has 0 saturated carbocycles. The molecule has 0 aliphatic carbocycles. The van der Waals surface area contributed by atoms with Gasteiger partial charge < -0.3 is 14.5 Å². The minimum Gasteiger partial charge on any atom is -0.491 e. The van der Waals surface area contributed by atoms with Gasteiger partial charge in [-0.15, -0.1) is 11.3 Å². The number of carbonyl (C=O) groups excluding carboxylic acids is 2. The maximum Gasteiger partial charge on any atom is 0.242 e. The van der Waals surface area contributed by atoms with Crippen molar-refractivity contribution in [3.8, 4) is 5.75 Å². The molecule has 7 heteroatoms. The van der Waals surface area contributed by atoms with Crippen molar-refractivity contribution in [2.45, 2.75) is 39.7 Å². The Kier molecular flexibility index (Phi) is 7.48. The van der Waals surface area contributed by atoms with E-state index in [9.17, 15) is 14.0 Å². The first-order valence-electron chi connectivity index (χ1n) is 10.4. The average Bonchev–Trinajstić information content (AvgIpc) is 3.20. The number of amides is 2. The highest BCUT2D eigenvalue weighted by Crippen LogP contribution is 2.34. The fraction of sp³-hybridized carbons (Fsp3) is 0.478. The van der Waals surface area contributed by atoms with Crippen LogP contribution in [0.1, 0.15) is 43.7 Å². The number of nitrogens with zero attached hydrogens (tertiary/aromatic N) is 2. The predicted octanol–water partition coefficient (Wildman–Crippen LogP) is 4.29. The number of hydrogen-bond acceptors (Lipinski definition) is 4. The molecule has 0 radical (unpaired) electrons. The molecular weight excluding hydrogens is 403 g/mol. The van der Waals surface area contributed by atoms with Gasteiger partial charge >= 0.3 is 0 Å². The van der Waals surface area contributed by atoms with Gasteiger partial charge in [0.2, 0.25) is 11.8 Å². The Morgan fingerprint density at radius 3 is 2.87 bits per heavy atom. The molecule has 2 heterocycles. The molecule has 0 spiro atoms. The topological polar surface area (TPSA) is 49.9 Å². The Labute approximate surface area is 181 Å². The highest BCUT2D eigenvalue weighted by molar-refractivity contribution is 7.10. The number of fused-ring (bicyclic) bond motifs is 1. The van der Waals surface area contributed by atoms with Crippen molar-refractivity contribution in [1.82, 2.24) is 9.80 Å². The Balaban J connectivity index is 1.75. The van der Waals surface area contributed by atoms with Crippen molar-refractivity contribution in [2.24, 2.45) is 5.92 Å². The Bertz CT molecular complexity index is 885. The number of benzene rings is 1. The van der Waals surface area contributed by atoms with Gasteiger partial charge in [-0.3, -0.25) is 9.59 Å². The fourth-order valence-corrected chi connectivity index (χ4v) is 4.60. The lowest BCUT2D eigenvalue weighted by Gasteiger charge is -2.37. The highest BCUT2D eigenvalue weighted by atomic mass is 32.1. The van der Waals surface area contributed by atoms with E-state index in [-0.39, 0.29) is 36.8 Å². The van der Waals surface area contributed by atoms with E-state index in [1.54, 1.807) is 33.3 Å². The van der Waals surface area contributed by atoms with Gasteiger partial charge in [-0.1, -0.05) is 26.3 Å². The van der Waals surface area contributed by atoms with Crippen LogP contribution in [0.3, 0.4) is 0 Å². The molecule has 30 heavy (non-hydrogen) atoms. The minimum absolute atomic E-state index is 0.0651. The smallest absolute Gasteiger partial charge is 0.242 e. The van der Waals surface area contributed by atoms with E-state index in [4.69, 9.17) is 4.74 Å².